The van der Waals surface area contributed by atoms with E-state index in [1.165, 1.54) is 12.1 Å². The third-order valence-electron chi connectivity index (χ3n) is 6.61. The molecule has 0 radical (unpaired) electrons. The van der Waals surface area contributed by atoms with E-state index in [1.54, 1.807) is 7.11 Å². The molecule has 1 amide bonds. The van der Waals surface area contributed by atoms with Crippen molar-refractivity contribution in [2.45, 2.75) is 65.3 Å². The largest absolute Gasteiger partial charge is 0.573 e. The summed E-state index contributed by atoms with van der Waals surface area (Å²) in [6.45, 7) is 5.71. The number of benzene rings is 2. The first kappa shape index (κ1) is 30.1. The number of fused-ring (bicyclic) bond motifs is 1. The van der Waals surface area contributed by atoms with E-state index in [4.69, 9.17) is 9.84 Å². The summed E-state index contributed by atoms with van der Waals surface area (Å²) in [5.41, 5.74) is 2.80. The van der Waals surface area contributed by atoms with Gasteiger partial charge in [-0.2, -0.15) is 5.10 Å². The summed E-state index contributed by atoms with van der Waals surface area (Å²) >= 11 is 0. The molecule has 0 fully saturated rings. The van der Waals surface area contributed by atoms with E-state index in [1.807, 2.05) is 29.9 Å². The average molecular weight is 548 g/mol. The van der Waals surface area contributed by atoms with E-state index in [9.17, 15) is 22.8 Å². The summed E-state index contributed by atoms with van der Waals surface area (Å²) in [5, 5.41) is 8.59. The van der Waals surface area contributed by atoms with Gasteiger partial charge in [-0.15, -0.1) is 13.2 Å². The molecule has 0 aliphatic rings. The Morgan fingerprint density at radius 1 is 1.08 bits per heavy atom. The first-order valence-corrected chi connectivity index (χ1v) is 13.3. The molecule has 1 N–H and O–H groups in total. The van der Waals surface area contributed by atoms with Gasteiger partial charge in [0.15, 0.2) is 5.78 Å². The lowest BCUT2D eigenvalue weighted by Crippen LogP contribution is -2.27. The Labute approximate surface area is 226 Å². The second-order valence-electron chi connectivity index (χ2n) is 9.52. The maximum Gasteiger partial charge on any atom is 0.573 e. The lowest BCUT2D eigenvalue weighted by molar-refractivity contribution is -0.274. The fraction of sp³-hybridized carbons (Fsp3) is 0.483. The molecule has 1 aromatic heterocycles. The van der Waals surface area contributed by atoms with Gasteiger partial charge < -0.3 is 14.8 Å². The van der Waals surface area contributed by atoms with Crippen LogP contribution >= 0.6 is 0 Å². The number of aryl methyl sites for hydroxylation is 1. The minimum atomic E-state index is -4.76. The van der Waals surface area contributed by atoms with E-state index in [0.29, 0.717) is 56.0 Å². The van der Waals surface area contributed by atoms with E-state index in [2.05, 4.69) is 17.0 Å². The zero-order valence-corrected chi connectivity index (χ0v) is 22.6. The van der Waals surface area contributed by atoms with Crippen molar-refractivity contribution in [1.29, 1.82) is 0 Å². The maximum atomic E-state index is 12.7. The van der Waals surface area contributed by atoms with E-state index < -0.39 is 6.36 Å². The van der Waals surface area contributed by atoms with Gasteiger partial charge in [-0.05, 0) is 73.6 Å². The van der Waals surface area contributed by atoms with E-state index in [0.717, 1.165) is 47.9 Å². The van der Waals surface area contributed by atoms with Crippen LogP contribution in [0.15, 0.2) is 42.6 Å². The second-order valence-corrected chi connectivity index (χ2v) is 9.52. The predicted molar refractivity (Wildman–Crippen MR) is 143 cm³/mol. The van der Waals surface area contributed by atoms with Crippen LogP contribution in [0.25, 0.3) is 10.9 Å². The number of carbonyl (C=O) groups excluding carboxylic acids is 2. The lowest BCUT2D eigenvalue weighted by Gasteiger charge is -2.16. The van der Waals surface area contributed by atoms with Crippen molar-refractivity contribution in [2.75, 3.05) is 20.3 Å². The van der Waals surface area contributed by atoms with Crippen LogP contribution in [0.3, 0.4) is 0 Å². The molecule has 10 heteroatoms. The van der Waals surface area contributed by atoms with Crippen LogP contribution in [-0.2, 0) is 17.7 Å². The molecule has 1 heterocycles. The normalized spacial score (nSPS) is 12.5. The summed E-state index contributed by atoms with van der Waals surface area (Å²) in [4.78, 5) is 25.3. The van der Waals surface area contributed by atoms with Crippen molar-refractivity contribution in [2.24, 2.45) is 5.92 Å². The van der Waals surface area contributed by atoms with Crippen LogP contribution in [0.4, 0.5) is 13.2 Å². The molecule has 7 nitrogen and oxygen atoms in total. The number of rotatable bonds is 15. The van der Waals surface area contributed by atoms with Gasteiger partial charge in [-0.25, -0.2) is 0 Å². The molecule has 0 bridgehead atoms. The Kier molecular flexibility index (Phi) is 10.9. The number of amides is 1. The highest BCUT2D eigenvalue weighted by atomic mass is 19.4. The molecular formula is C29H36F3N3O4. The SMILES string of the molecule is CCCC(CCCC(=O)c1ccc(OC(F)(F)F)cc1)Cn1cc2c(CC)c(C(=O)NCCOC)ccc2n1. The Morgan fingerprint density at radius 3 is 2.46 bits per heavy atom. The zero-order valence-electron chi connectivity index (χ0n) is 22.6. The van der Waals surface area contributed by atoms with Gasteiger partial charge >= 0.3 is 6.36 Å². The number of Topliss-reactive ketones (excluding diaryl/α,β-unsaturated/α-hetero) is 1. The molecule has 1 atom stereocenters. The number of hydrogen-bond donors (Lipinski definition) is 1. The number of hydrogen-bond acceptors (Lipinski definition) is 5. The quantitative estimate of drug-likeness (QED) is 0.177. The number of ether oxygens (including phenoxy) is 2. The number of ketones is 1. The highest BCUT2D eigenvalue weighted by Crippen LogP contribution is 2.26. The van der Waals surface area contributed by atoms with Crippen LogP contribution in [0.2, 0.25) is 0 Å². The summed E-state index contributed by atoms with van der Waals surface area (Å²) in [6.07, 6.45) is 1.68. The molecule has 212 valence electrons. The Morgan fingerprint density at radius 2 is 1.82 bits per heavy atom. The molecular weight excluding hydrogens is 511 g/mol. The average Bonchev–Trinajstić information content (AvgIpc) is 3.30. The smallest absolute Gasteiger partial charge is 0.406 e. The Hall–Kier alpha value is -3.40. The van der Waals surface area contributed by atoms with Crippen molar-refractivity contribution >= 4 is 22.6 Å². The van der Waals surface area contributed by atoms with Crippen molar-refractivity contribution in [3.63, 3.8) is 0 Å². The summed E-state index contributed by atoms with van der Waals surface area (Å²) < 4.78 is 47.8. The molecule has 2 aromatic carbocycles. The highest BCUT2D eigenvalue weighted by Gasteiger charge is 2.31. The molecule has 0 aliphatic carbocycles. The highest BCUT2D eigenvalue weighted by molar-refractivity contribution is 6.00. The van der Waals surface area contributed by atoms with Crippen molar-refractivity contribution in [1.82, 2.24) is 15.1 Å². The van der Waals surface area contributed by atoms with Gasteiger partial charge in [0.25, 0.3) is 5.91 Å². The van der Waals surface area contributed by atoms with Gasteiger partial charge in [-0.1, -0.05) is 20.3 Å². The number of carbonyl (C=O) groups is 2. The number of methoxy groups -OCH3 is 1. The minimum Gasteiger partial charge on any atom is -0.406 e. The Balaban J connectivity index is 1.62. The van der Waals surface area contributed by atoms with Crippen LogP contribution in [0, 0.1) is 5.92 Å². The fourth-order valence-electron chi connectivity index (χ4n) is 4.79. The van der Waals surface area contributed by atoms with E-state index >= 15 is 0 Å². The summed E-state index contributed by atoms with van der Waals surface area (Å²) in [6, 6.07) is 8.72. The molecule has 0 spiro atoms. The molecule has 0 aliphatic heterocycles. The van der Waals surface area contributed by atoms with Crippen LogP contribution in [-0.4, -0.2) is 48.1 Å². The van der Waals surface area contributed by atoms with Gasteiger partial charge in [0.1, 0.15) is 5.75 Å². The third kappa shape index (κ3) is 8.81. The lowest BCUT2D eigenvalue weighted by atomic mass is 9.95. The van der Waals surface area contributed by atoms with Crippen molar-refractivity contribution < 1.29 is 32.2 Å². The van der Waals surface area contributed by atoms with Gasteiger partial charge in [0, 0.05) is 49.3 Å². The fourth-order valence-corrected chi connectivity index (χ4v) is 4.79. The first-order chi connectivity index (χ1) is 18.6. The van der Waals surface area contributed by atoms with Crippen molar-refractivity contribution in [3.8, 4) is 5.75 Å². The molecule has 3 rings (SSSR count). The standard InChI is InChI=1S/C29H36F3N3O4/c1-4-7-20(8-6-9-27(36)21-10-12-22(13-11-21)39-29(30,31)32)18-35-19-25-23(5-2)24(14-15-26(25)34-35)28(37)33-16-17-38-3/h10-15,19-20H,4-9,16-18H2,1-3H3,(H,33,37). The van der Waals surface area contributed by atoms with Gasteiger partial charge in [-0.3, -0.25) is 14.3 Å². The predicted octanol–water partition coefficient (Wildman–Crippen LogP) is 6.34. The number of halogens is 3. The molecule has 3 aromatic rings. The summed E-state index contributed by atoms with van der Waals surface area (Å²) in [7, 11) is 1.59. The minimum absolute atomic E-state index is 0.113. The Bertz CT molecular complexity index is 1240. The number of nitrogens with one attached hydrogen (secondary N) is 1. The maximum absolute atomic E-state index is 12.7. The topological polar surface area (TPSA) is 82.5 Å². The second kappa shape index (κ2) is 14.1. The molecule has 0 saturated carbocycles. The van der Waals surface area contributed by atoms with E-state index in [-0.39, 0.29) is 17.4 Å². The van der Waals surface area contributed by atoms with Crippen LogP contribution < -0.4 is 10.1 Å². The number of nitrogens with zero attached hydrogens (tertiary/aromatic N) is 2. The van der Waals surface area contributed by atoms with Gasteiger partial charge in [0.05, 0.1) is 12.1 Å². The first-order valence-electron chi connectivity index (χ1n) is 13.3. The molecule has 39 heavy (non-hydrogen) atoms. The monoisotopic (exact) mass is 547 g/mol. The van der Waals surface area contributed by atoms with Crippen LogP contribution in [0.5, 0.6) is 5.75 Å². The molecule has 0 saturated heterocycles. The van der Waals surface area contributed by atoms with Crippen molar-refractivity contribution in [3.05, 3.63) is 59.3 Å². The number of aromatic nitrogens is 2. The number of alkyl halides is 3. The molecule has 1 unspecified atom stereocenters. The van der Waals surface area contributed by atoms with Crippen LogP contribution in [0.1, 0.15) is 72.2 Å². The van der Waals surface area contributed by atoms with Gasteiger partial charge in [0.2, 0.25) is 0 Å². The third-order valence-corrected chi connectivity index (χ3v) is 6.61. The summed E-state index contributed by atoms with van der Waals surface area (Å²) in [5.74, 6) is -0.285. The zero-order chi connectivity index (χ0) is 28.4.